The van der Waals surface area contributed by atoms with Gasteiger partial charge in [0.1, 0.15) is 0 Å². The molecular formula is C15H21NO2S. The number of aliphatic carboxylic acids is 1. The molecule has 0 aromatic carbocycles. The van der Waals surface area contributed by atoms with Crippen LogP contribution in [0.5, 0.6) is 0 Å². The van der Waals surface area contributed by atoms with Crippen LogP contribution in [0, 0.1) is 23.7 Å². The molecule has 0 bridgehead atoms. The van der Waals surface area contributed by atoms with Gasteiger partial charge in [0, 0.05) is 29.4 Å². The van der Waals surface area contributed by atoms with Crippen LogP contribution >= 0.6 is 11.3 Å². The zero-order valence-corrected chi connectivity index (χ0v) is 12.3. The van der Waals surface area contributed by atoms with E-state index in [2.05, 4.69) is 30.9 Å². The molecule has 0 spiro atoms. The topological polar surface area (TPSA) is 40.5 Å². The minimum atomic E-state index is -0.593. The molecule has 2 aliphatic rings. The maximum absolute atomic E-state index is 10.9. The van der Waals surface area contributed by atoms with Crippen molar-refractivity contribution in [3.8, 4) is 0 Å². The van der Waals surface area contributed by atoms with E-state index in [1.165, 1.54) is 9.75 Å². The molecule has 2 heterocycles. The number of fused-ring (bicyclic) bond motifs is 1. The summed E-state index contributed by atoms with van der Waals surface area (Å²) in [7, 11) is 0. The smallest absolute Gasteiger partial charge is 0.307 e. The van der Waals surface area contributed by atoms with E-state index in [9.17, 15) is 4.79 Å². The number of nitrogens with zero attached hydrogens (tertiary/aromatic N) is 1. The Morgan fingerprint density at radius 2 is 2.00 bits per heavy atom. The SMILES string of the molecule is CC(C)Cc1ccc(CN2C[C@@H]3C(C(=O)O)[C@@H]3C2)s1. The number of thiophene rings is 1. The van der Waals surface area contributed by atoms with E-state index in [4.69, 9.17) is 5.11 Å². The van der Waals surface area contributed by atoms with Gasteiger partial charge >= 0.3 is 5.97 Å². The molecule has 3 nitrogen and oxygen atoms in total. The van der Waals surface area contributed by atoms with Crippen molar-refractivity contribution in [3.05, 3.63) is 21.9 Å². The molecule has 3 atom stereocenters. The largest absolute Gasteiger partial charge is 0.481 e. The molecule has 1 N–H and O–H groups in total. The number of hydrogen-bond acceptors (Lipinski definition) is 3. The van der Waals surface area contributed by atoms with Crippen LogP contribution in [0.25, 0.3) is 0 Å². The molecule has 2 fully saturated rings. The third-order valence-electron chi connectivity index (χ3n) is 4.26. The first-order valence-electron chi connectivity index (χ1n) is 7.07. The van der Waals surface area contributed by atoms with Crippen LogP contribution in [0.15, 0.2) is 12.1 Å². The number of carboxylic acid groups (broad SMARTS) is 1. The maximum atomic E-state index is 10.9. The molecule has 3 rings (SSSR count). The third-order valence-corrected chi connectivity index (χ3v) is 5.35. The van der Waals surface area contributed by atoms with E-state index < -0.39 is 5.97 Å². The van der Waals surface area contributed by atoms with Crippen molar-refractivity contribution in [2.24, 2.45) is 23.7 Å². The second kappa shape index (κ2) is 4.91. The predicted molar refractivity (Wildman–Crippen MR) is 76.2 cm³/mol. The number of hydrogen-bond donors (Lipinski definition) is 1. The number of piperidine rings is 1. The average Bonchev–Trinajstić information content (AvgIpc) is 2.68. The molecule has 1 aromatic heterocycles. The number of carbonyl (C=O) groups is 1. The van der Waals surface area contributed by atoms with Crippen LogP contribution in [0.1, 0.15) is 23.6 Å². The van der Waals surface area contributed by atoms with Gasteiger partial charge in [-0.15, -0.1) is 11.3 Å². The summed E-state index contributed by atoms with van der Waals surface area (Å²) in [6, 6.07) is 4.48. The maximum Gasteiger partial charge on any atom is 0.307 e. The number of rotatable bonds is 5. The minimum Gasteiger partial charge on any atom is -0.481 e. The van der Waals surface area contributed by atoms with Gasteiger partial charge in [-0.3, -0.25) is 9.69 Å². The first kappa shape index (κ1) is 13.1. The van der Waals surface area contributed by atoms with Crippen molar-refractivity contribution in [1.29, 1.82) is 0 Å². The van der Waals surface area contributed by atoms with Crippen molar-refractivity contribution in [2.45, 2.75) is 26.8 Å². The normalized spacial score (nSPS) is 29.7. The third kappa shape index (κ3) is 2.70. The summed E-state index contributed by atoms with van der Waals surface area (Å²) in [6.07, 6.45) is 1.16. The van der Waals surface area contributed by atoms with Gasteiger partial charge in [-0.2, -0.15) is 0 Å². The highest BCUT2D eigenvalue weighted by atomic mass is 32.1. The van der Waals surface area contributed by atoms with Crippen LogP contribution in [-0.4, -0.2) is 29.1 Å². The number of carboxylic acids is 1. The summed E-state index contributed by atoms with van der Waals surface area (Å²) in [5, 5.41) is 9.01. The molecule has 4 heteroatoms. The van der Waals surface area contributed by atoms with E-state index in [1.807, 2.05) is 11.3 Å². The second-order valence-electron chi connectivity index (χ2n) is 6.35. The molecule has 1 aromatic rings. The Morgan fingerprint density at radius 1 is 1.37 bits per heavy atom. The van der Waals surface area contributed by atoms with E-state index in [0.29, 0.717) is 17.8 Å². The van der Waals surface area contributed by atoms with Crippen molar-refractivity contribution in [3.63, 3.8) is 0 Å². The summed E-state index contributed by atoms with van der Waals surface area (Å²) in [4.78, 5) is 16.2. The van der Waals surface area contributed by atoms with Gasteiger partial charge in [0.2, 0.25) is 0 Å². The Hall–Kier alpha value is -0.870. The molecule has 19 heavy (non-hydrogen) atoms. The van der Waals surface area contributed by atoms with E-state index in [1.54, 1.807) is 0 Å². The first-order valence-corrected chi connectivity index (χ1v) is 7.89. The molecule has 0 radical (unpaired) electrons. The fourth-order valence-corrected chi connectivity index (χ4v) is 4.62. The van der Waals surface area contributed by atoms with Gasteiger partial charge in [-0.05, 0) is 36.3 Å². The highest BCUT2D eigenvalue weighted by molar-refractivity contribution is 7.11. The zero-order chi connectivity index (χ0) is 13.6. The minimum absolute atomic E-state index is 0.0453. The molecule has 0 amide bonds. The molecular weight excluding hydrogens is 258 g/mol. The lowest BCUT2D eigenvalue weighted by Gasteiger charge is -2.17. The monoisotopic (exact) mass is 279 g/mol. The van der Waals surface area contributed by atoms with Gasteiger partial charge in [0.25, 0.3) is 0 Å². The Balaban J connectivity index is 1.51. The summed E-state index contributed by atoms with van der Waals surface area (Å²) in [6.45, 7) is 7.44. The van der Waals surface area contributed by atoms with Crippen molar-refractivity contribution < 1.29 is 9.90 Å². The molecule has 104 valence electrons. The lowest BCUT2D eigenvalue weighted by atomic mass is 10.1. The van der Waals surface area contributed by atoms with Crippen LogP contribution in [-0.2, 0) is 17.8 Å². The average molecular weight is 279 g/mol. The summed E-state index contributed by atoms with van der Waals surface area (Å²) in [5.74, 6) is 0.920. The fourth-order valence-electron chi connectivity index (χ4n) is 3.35. The Labute approximate surface area is 118 Å². The van der Waals surface area contributed by atoms with Crippen LogP contribution < -0.4 is 0 Å². The van der Waals surface area contributed by atoms with Crippen molar-refractivity contribution in [2.75, 3.05) is 13.1 Å². The quantitative estimate of drug-likeness (QED) is 0.901. The van der Waals surface area contributed by atoms with E-state index in [0.717, 1.165) is 26.1 Å². The van der Waals surface area contributed by atoms with Crippen LogP contribution in [0.4, 0.5) is 0 Å². The Bertz CT molecular complexity index is 470. The Morgan fingerprint density at radius 3 is 2.58 bits per heavy atom. The number of likely N-dealkylation sites (tertiary alicyclic amines) is 1. The molecule has 1 aliphatic carbocycles. The van der Waals surface area contributed by atoms with Gasteiger partial charge in [-0.25, -0.2) is 0 Å². The second-order valence-corrected chi connectivity index (χ2v) is 7.60. The fraction of sp³-hybridized carbons (Fsp3) is 0.667. The Kier molecular flexibility index (Phi) is 3.39. The van der Waals surface area contributed by atoms with Crippen LogP contribution in [0.3, 0.4) is 0 Å². The highest BCUT2D eigenvalue weighted by Gasteiger charge is 2.59. The van der Waals surface area contributed by atoms with Gasteiger partial charge in [0.15, 0.2) is 0 Å². The standard InChI is InChI=1S/C15H21NO2S/c1-9(2)5-10-3-4-11(19-10)6-16-7-12-13(8-16)14(12)15(17)18/h3-4,9,12-14H,5-8H2,1-2H3,(H,17,18)/t12-,13+,14?. The first-order chi connectivity index (χ1) is 9.04. The predicted octanol–water partition coefficient (Wildman–Crippen LogP) is 2.71. The van der Waals surface area contributed by atoms with Crippen molar-refractivity contribution in [1.82, 2.24) is 4.90 Å². The highest BCUT2D eigenvalue weighted by Crippen LogP contribution is 2.52. The van der Waals surface area contributed by atoms with Gasteiger partial charge in [0.05, 0.1) is 5.92 Å². The molecule has 1 aliphatic heterocycles. The molecule has 1 unspecified atom stereocenters. The summed E-state index contributed by atoms with van der Waals surface area (Å²) < 4.78 is 0. The van der Waals surface area contributed by atoms with E-state index >= 15 is 0 Å². The lowest BCUT2D eigenvalue weighted by molar-refractivity contribution is -0.139. The van der Waals surface area contributed by atoms with Crippen LogP contribution in [0.2, 0.25) is 0 Å². The van der Waals surface area contributed by atoms with E-state index in [-0.39, 0.29) is 5.92 Å². The zero-order valence-electron chi connectivity index (χ0n) is 11.5. The summed E-state index contributed by atoms with van der Waals surface area (Å²) in [5.41, 5.74) is 0. The molecule has 1 saturated heterocycles. The lowest BCUT2D eigenvalue weighted by Crippen LogP contribution is -2.25. The van der Waals surface area contributed by atoms with Gasteiger partial charge in [-0.1, -0.05) is 13.8 Å². The summed E-state index contributed by atoms with van der Waals surface area (Å²) >= 11 is 1.91. The molecule has 1 saturated carbocycles. The van der Waals surface area contributed by atoms with Gasteiger partial charge < -0.3 is 5.11 Å². The van der Waals surface area contributed by atoms with Crippen molar-refractivity contribution >= 4 is 17.3 Å².